The summed E-state index contributed by atoms with van der Waals surface area (Å²) in [6.45, 7) is 7.74. The predicted octanol–water partition coefficient (Wildman–Crippen LogP) is 4.73. The normalized spacial score (nSPS) is 16.4. The fourth-order valence-corrected chi connectivity index (χ4v) is 5.04. The molecular formula is C23H33NO6P+. The Hall–Kier alpha value is -1.57. The lowest BCUT2D eigenvalue weighted by Crippen LogP contribution is -2.50. The third kappa shape index (κ3) is 8.13. The number of benzene rings is 2. The van der Waals surface area contributed by atoms with Crippen molar-refractivity contribution in [1.82, 2.24) is 0 Å². The van der Waals surface area contributed by atoms with Crippen LogP contribution in [0.15, 0.2) is 60.7 Å². The van der Waals surface area contributed by atoms with E-state index in [0.717, 1.165) is 26.2 Å². The molecule has 0 radical (unpaired) electrons. The van der Waals surface area contributed by atoms with Gasteiger partial charge in [0.1, 0.15) is 31.9 Å². The van der Waals surface area contributed by atoms with E-state index in [4.69, 9.17) is 23.9 Å². The first kappa shape index (κ1) is 24.1. The summed E-state index contributed by atoms with van der Waals surface area (Å²) in [5, 5.41) is 0. The number of hydrogen-bond donors (Lipinski definition) is 0. The molecule has 1 atom stereocenters. The molecule has 1 heterocycles. The molecule has 0 bridgehead atoms. The SMILES string of the molecule is CCOOP(=O)(CC[N+](Cc1ccccc1)(Cc1ccccc1)CC1CO1)OOCC. The number of hydrogen-bond acceptors (Lipinski definition) is 6. The van der Waals surface area contributed by atoms with Gasteiger partial charge in [-0.1, -0.05) is 60.7 Å². The van der Waals surface area contributed by atoms with Gasteiger partial charge in [-0.15, -0.1) is 9.35 Å². The van der Waals surface area contributed by atoms with Crippen LogP contribution in [0.5, 0.6) is 0 Å². The van der Waals surface area contributed by atoms with Gasteiger partial charge in [-0.25, -0.2) is 9.78 Å². The monoisotopic (exact) mass is 450 g/mol. The van der Waals surface area contributed by atoms with Crippen LogP contribution in [-0.2, 0) is 41.5 Å². The Labute approximate surface area is 184 Å². The number of quaternary nitrogens is 1. The van der Waals surface area contributed by atoms with Crippen LogP contribution < -0.4 is 0 Å². The third-order valence-electron chi connectivity index (χ3n) is 5.13. The average Bonchev–Trinajstić information content (AvgIpc) is 3.60. The molecular weight excluding hydrogens is 417 g/mol. The number of epoxide rings is 1. The van der Waals surface area contributed by atoms with Gasteiger partial charge in [0.15, 0.2) is 0 Å². The smallest absolute Gasteiger partial charge is 0.367 e. The van der Waals surface area contributed by atoms with E-state index in [1.807, 2.05) is 36.4 Å². The Bertz CT molecular complexity index is 762. The maximum Gasteiger partial charge on any atom is 0.389 e. The molecule has 0 aromatic heterocycles. The van der Waals surface area contributed by atoms with Crippen LogP contribution in [0.25, 0.3) is 0 Å². The first-order valence-electron chi connectivity index (χ1n) is 10.8. The lowest BCUT2D eigenvalue weighted by molar-refractivity contribution is -0.952. The fourth-order valence-electron chi connectivity index (χ4n) is 3.67. The molecule has 1 fully saturated rings. The lowest BCUT2D eigenvalue weighted by atomic mass is 10.1. The minimum atomic E-state index is -3.58. The summed E-state index contributed by atoms with van der Waals surface area (Å²) in [5.74, 6) is 0. The molecule has 0 saturated carbocycles. The van der Waals surface area contributed by atoms with E-state index in [2.05, 4.69) is 24.3 Å². The van der Waals surface area contributed by atoms with Crippen molar-refractivity contribution >= 4 is 7.60 Å². The molecule has 7 nitrogen and oxygen atoms in total. The highest BCUT2D eigenvalue weighted by Gasteiger charge is 2.40. The summed E-state index contributed by atoms with van der Waals surface area (Å²) < 4.78 is 29.8. The predicted molar refractivity (Wildman–Crippen MR) is 118 cm³/mol. The highest BCUT2D eigenvalue weighted by Crippen LogP contribution is 2.49. The highest BCUT2D eigenvalue weighted by molar-refractivity contribution is 7.53. The Balaban J connectivity index is 1.85. The first-order valence-corrected chi connectivity index (χ1v) is 12.6. The minimum Gasteiger partial charge on any atom is -0.367 e. The van der Waals surface area contributed by atoms with Gasteiger partial charge in [-0.2, -0.15) is 0 Å². The zero-order chi connectivity index (χ0) is 22.0. The molecule has 1 unspecified atom stereocenters. The molecule has 1 saturated heterocycles. The second-order valence-electron chi connectivity index (χ2n) is 7.79. The first-order chi connectivity index (χ1) is 15.1. The van der Waals surface area contributed by atoms with E-state index in [1.165, 1.54) is 11.1 Å². The van der Waals surface area contributed by atoms with Crippen LogP contribution >= 0.6 is 7.60 Å². The van der Waals surface area contributed by atoms with Crippen molar-refractivity contribution in [3.8, 4) is 0 Å². The van der Waals surface area contributed by atoms with E-state index in [9.17, 15) is 4.57 Å². The molecule has 0 amide bonds. The number of nitrogens with zero attached hydrogens (tertiary/aromatic N) is 1. The molecule has 31 heavy (non-hydrogen) atoms. The van der Waals surface area contributed by atoms with Crippen molar-refractivity contribution in [2.75, 3.05) is 39.1 Å². The Morgan fingerprint density at radius 3 is 1.81 bits per heavy atom. The van der Waals surface area contributed by atoms with Crippen molar-refractivity contribution in [3.63, 3.8) is 0 Å². The van der Waals surface area contributed by atoms with Crippen LogP contribution in [0.3, 0.4) is 0 Å². The summed E-state index contributed by atoms with van der Waals surface area (Å²) >= 11 is 0. The summed E-state index contributed by atoms with van der Waals surface area (Å²) in [6, 6.07) is 20.7. The van der Waals surface area contributed by atoms with Crippen LogP contribution in [0.1, 0.15) is 25.0 Å². The summed E-state index contributed by atoms with van der Waals surface area (Å²) in [7, 11) is -3.58. The molecule has 3 rings (SSSR count). The zero-order valence-electron chi connectivity index (χ0n) is 18.4. The fraction of sp³-hybridized carbons (Fsp3) is 0.478. The number of ether oxygens (including phenoxy) is 1. The van der Waals surface area contributed by atoms with Gasteiger partial charge in [0.25, 0.3) is 0 Å². The van der Waals surface area contributed by atoms with Gasteiger partial charge in [0.2, 0.25) is 0 Å². The van der Waals surface area contributed by atoms with Crippen molar-refractivity contribution in [2.45, 2.75) is 33.0 Å². The summed E-state index contributed by atoms with van der Waals surface area (Å²) in [6.07, 6.45) is 0.367. The Morgan fingerprint density at radius 1 is 0.903 bits per heavy atom. The molecule has 0 aliphatic carbocycles. The standard InChI is InChI=1S/C23H33NO6P/c1-3-27-29-31(25,30-28-4-2)16-15-24(19-23-20-26-23,17-21-11-7-5-8-12-21)18-22-13-9-6-10-14-22/h5-14,23H,3-4,15-20H2,1-2H3/q+1. The molecule has 170 valence electrons. The highest BCUT2D eigenvalue weighted by atomic mass is 31.2. The van der Waals surface area contributed by atoms with E-state index < -0.39 is 7.60 Å². The largest absolute Gasteiger partial charge is 0.389 e. The van der Waals surface area contributed by atoms with E-state index in [0.29, 0.717) is 11.0 Å². The van der Waals surface area contributed by atoms with Gasteiger partial charge >= 0.3 is 7.60 Å². The van der Waals surface area contributed by atoms with E-state index in [-0.39, 0.29) is 25.5 Å². The van der Waals surface area contributed by atoms with Gasteiger partial charge < -0.3 is 9.22 Å². The van der Waals surface area contributed by atoms with Crippen molar-refractivity contribution in [3.05, 3.63) is 71.8 Å². The van der Waals surface area contributed by atoms with Gasteiger partial charge in [0, 0.05) is 11.1 Å². The molecule has 1 aliphatic heterocycles. The van der Waals surface area contributed by atoms with Crippen molar-refractivity contribution in [1.29, 1.82) is 0 Å². The molecule has 0 spiro atoms. The van der Waals surface area contributed by atoms with Crippen molar-refractivity contribution in [2.24, 2.45) is 0 Å². The van der Waals surface area contributed by atoms with E-state index in [1.54, 1.807) is 13.8 Å². The van der Waals surface area contributed by atoms with Gasteiger partial charge in [-0.05, 0) is 13.8 Å². The van der Waals surface area contributed by atoms with Gasteiger partial charge in [-0.3, -0.25) is 4.57 Å². The lowest BCUT2D eigenvalue weighted by Gasteiger charge is -2.39. The topological polar surface area (TPSA) is 66.5 Å². The average molecular weight is 450 g/mol. The molecule has 2 aromatic carbocycles. The minimum absolute atomic E-state index is 0.166. The zero-order valence-corrected chi connectivity index (χ0v) is 19.2. The molecule has 0 N–H and O–H groups in total. The van der Waals surface area contributed by atoms with Crippen LogP contribution in [0, 0.1) is 0 Å². The van der Waals surface area contributed by atoms with Crippen LogP contribution in [-0.4, -0.2) is 49.7 Å². The Kier molecular flexibility index (Phi) is 9.23. The second kappa shape index (κ2) is 11.9. The third-order valence-corrected chi connectivity index (χ3v) is 6.54. The maximum absolute atomic E-state index is 13.2. The molecule has 2 aromatic rings. The summed E-state index contributed by atoms with van der Waals surface area (Å²) in [4.78, 5) is 9.98. The van der Waals surface area contributed by atoms with Crippen molar-refractivity contribution < 1.29 is 32.9 Å². The molecule has 8 heteroatoms. The quantitative estimate of drug-likeness (QED) is 0.128. The second-order valence-corrected chi connectivity index (χ2v) is 9.75. The molecule has 1 aliphatic rings. The van der Waals surface area contributed by atoms with Crippen LogP contribution in [0.4, 0.5) is 0 Å². The Morgan fingerprint density at radius 2 is 1.39 bits per heavy atom. The van der Waals surface area contributed by atoms with Crippen LogP contribution in [0.2, 0.25) is 0 Å². The van der Waals surface area contributed by atoms with Gasteiger partial charge in [0.05, 0.1) is 26.4 Å². The maximum atomic E-state index is 13.2. The van der Waals surface area contributed by atoms with E-state index >= 15 is 0 Å². The number of rotatable bonds is 15. The summed E-state index contributed by atoms with van der Waals surface area (Å²) in [5.41, 5.74) is 2.43.